The molecule has 1 unspecified atom stereocenters. The second-order valence-electron chi connectivity index (χ2n) is 6.98. The molecule has 2 aliphatic heterocycles. The Hall–Kier alpha value is -2.82. The molecule has 1 atom stereocenters. The summed E-state index contributed by atoms with van der Waals surface area (Å²) >= 11 is 0. The van der Waals surface area contributed by atoms with Gasteiger partial charge in [0.05, 0.1) is 13.2 Å². The molecule has 4 rings (SSSR count). The van der Waals surface area contributed by atoms with E-state index in [0.717, 1.165) is 36.4 Å². The Bertz CT molecular complexity index is 833. The third-order valence-corrected chi connectivity index (χ3v) is 5.18. The zero-order chi connectivity index (χ0) is 18.6. The van der Waals surface area contributed by atoms with Crippen molar-refractivity contribution in [3.05, 3.63) is 59.7 Å². The molecule has 2 heterocycles. The van der Waals surface area contributed by atoms with E-state index in [1.807, 2.05) is 42.5 Å². The van der Waals surface area contributed by atoms with Crippen LogP contribution in [0.5, 0.6) is 5.75 Å². The largest absolute Gasteiger partial charge is 0.493 e. The standard InChI is InChI=1S/C22H23NO4/c24-21-19(7-4-12-23(21)18-5-2-1-3-6-18)22(25)27-13-10-16-8-9-20-17(15-16)11-14-26-20/h1-3,5-6,8-9,15,19H,4,7,10-14H2. The lowest BCUT2D eigenvalue weighted by Gasteiger charge is -2.31. The fraction of sp³-hybridized carbons (Fsp3) is 0.364. The van der Waals surface area contributed by atoms with Crippen LogP contribution in [0.15, 0.2) is 48.5 Å². The highest BCUT2D eigenvalue weighted by Gasteiger charge is 2.35. The number of carbonyl (C=O) groups is 2. The van der Waals surface area contributed by atoms with Crippen molar-refractivity contribution in [1.29, 1.82) is 0 Å². The van der Waals surface area contributed by atoms with Crippen LogP contribution in [0.1, 0.15) is 24.0 Å². The fourth-order valence-corrected chi connectivity index (χ4v) is 3.72. The van der Waals surface area contributed by atoms with Gasteiger partial charge in [-0.05, 0) is 42.2 Å². The van der Waals surface area contributed by atoms with Gasteiger partial charge in [-0.25, -0.2) is 0 Å². The van der Waals surface area contributed by atoms with Crippen LogP contribution < -0.4 is 9.64 Å². The maximum atomic E-state index is 12.7. The van der Waals surface area contributed by atoms with Gasteiger partial charge in [0.25, 0.3) is 0 Å². The molecule has 1 amide bonds. The number of hydrogen-bond donors (Lipinski definition) is 0. The maximum Gasteiger partial charge on any atom is 0.318 e. The van der Waals surface area contributed by atoms with Gasteiger partial charge < -0.3 is 14.4 Å². The topological polar surface area (TPSA) is 55.8 Å². The van der Waals surface area contributed by atoms with Crippen molar-refractivity contribution in [2.24, 2.45) is 5.92 Å². The smallest absolute Gasteiger partial charge is 0.318 e. The predicted octanol–water partition coefficient (Wildman–Crippen LogP) is 3.15. The van der Waals surface area contributed by atoms with Crippen LogP contribution in [0.2, 0.25) is 0 Å². The first-order valence-electron chi connectivity index (χ1n) is 9.50. The molecule has 0 N–H and O–H groups in total. The minimum absolute atomic E-state index is 0.160. The number of esters is 1. The molecule has 1 saturated heterocycles. The number of ether oxygens (including phenoxy) is 2. The van der Waals surface area contributed by atoms with E-state index in [9.17, 15) is 9.59 Å². The minimum Gasteiger partial charge on any atom is -0.493 e. The molecule has 0 bridgehead atoms. The first-order chi connectivity index (χ1) is 13.2. The van der Waals surface area contributed by atoms with Crippen LogP contribution in [0, 0.1) is 5.92 Å². The lowest BCUT2D eigenvalue weighted by atomic mass is 9.96. The fourth-order valence-electron chi connectivity index (χ4n) is 3.72. The predicted molar refractivity (Wildman–Crippen MR) is 102 cm³/mol. The normalized spacial score (nSPS) is 18.7. The number of rotatable bonds is 5. The van der Waals surface area contributed by atoms with Crippen LogP contribution >= 0.6 is 0 Å². The van der Waals surface area contributed by atoms with Crippen molar-refractivity contribution < 1.29 is 19.1 Å². The Kier molecular flexibility index (Phi) is 5.10. The summed E-state index contributed by atoms with van der Waals surface area (Å²) in [7, 11) is 0. The minimum atomic E-state index is -0.702. The second-order valence-corrected chi connectivity index (χ2v) is 6.98. The number of nitrogens with zero attached hydrogens (tertiary/aromatic N) is 1. The monoisotopic (exact) mass is 365 g/mol. The van der Waals surface area contributed by atoms with Gasteiger partial charge in [-0.1, -0.05) is 30.3 Å². The molecule has 0 aromatic heterocycles. The van der Waals surface area contributed by atoms with Crippen molar-refractivity contribution >= 4 is 17.6 Å². The summed E-state index contributed by atoms with van der Waals surface area (Å²) in [6.45, 7) is 1.66. The average Bonchev–Trinajstić information content (AvgIpc) is 3.16. The summed E-state index contributed by atoms with van der Waals surface area (Å²) in [4.78, 5) is 26.9. The van der Waals surface area contributed by atoms with Crippen LogP contribution in [0.4, 0.5) is 5.69 Å². The van der Waals surface area contributed by atoms with Gasteiger partial charge in [0.1, 0.15) is 11.7 Å². The van der Waals surface area contributed by atoms with E-state index < -0.39 is 11.9 Å². The molecule has 27 heavy (non-hydrogen) atoms. The number of anilines is 1. The summed E-state index contributed by atoms with van der Waals surface area (Å²) in [6.07, 6.45) is 2.92. The Morgan fingerprint density at radius 3 is 2.89 bits per heavy atom. The summed E-state index contributed by atoms with van der Waals surface area (Å²) in [5.74, 6) is -0.325. The summed E-state index contributed by atoms with van der Waals surface area (Å²) in [6, 6.07) is 15.6. The van der Waals surface area contributed by atoms with E-state index in [1.165, 1.54) is 5.56 Å². The molecular weight excluding hydrogens is 342 g/mol. The molecule has 2 aromatic rings. The lowest BCUT2D eigenvalue weighted by Crippen LogP contribution is -2.45. The molecule has 0 saturated carbocycles. The quantitative estimate of drug-likeness (QED) is 0.603. The number of hydrogen-bond acceptors (Lipinski definition) is 4. The third kappa shape index (κ3) is 3.82. The molecule has 5 nitrogen and oxygen atoms in total. The van der Waals surface area contributed by atoms with Crippen LogP contribution in [-0.2, 0) is 27.2 Å². The lowest BCUT2D eigenvalue weighted by molar-refractivity contribution is -0.152. The highest BCUT2D eigenvalue weighted by atomic mass is 16.5. The third-order valence-electron chi connectivity index (χ3n) is 5.18. The Morgan fingerprint density at radius 2 is 2.04 bits per heavy atom. The van der Waals surface area contributed by atoms with E-state index in [1.54, 1.807) is 4.90 Å². The van der Waals surface area contributed by atoms with Crippen molar-refractivity contribution in [2.45, 2.75) is 25.7 Å². The second kappa shape index (κ2) is 7.82. The summed E-state index contributed by atoms with van der Waals surface area (Å²) in [5, 5.41) is 0. The number of piperidine rings is 1. The number of fused-ring (bicyclic) bond motifs is 1. The number of benzene rings is 2. The molecule has 1 fully saturated rings. The first-order valence-corrected chi connectivity index (χ1v) is 9.50. The Labute approximate surface area is 158 Å². The Balaban J connectivity index is 1.33. The summed E-state index contributed by atoms with van der Waals surface area (Å²) in [5.41, 5.74) is 3.16. The SMILES string of the molecule is O=C(OCCc1ccc2c(c1)CCO2)C1CCCN(c2ccccc2)C1=O. The van der Waals surface area contributed by atoms with Gasteiger partial charge >= 0.3 is 5.97 Å². The highest BCUT2D eigenvalue weighted by molar-refractivity contribution is 6.06. The van der Waals surface area contributed by atoms with E-state index >= 15 is 0 Å². The molecule has 5 heteroatoms. The highest BCUT2D eigenvalue weighted by Crippen LogP contribution is 2.27. The molecule has 2 aromatic carbocycles. The van der Waals surface area contributed by atoms with Gasteiger partial charge in [0.15, 0.2) is 0 Å². The zero-order valence-electron chi connectivity index (χ0n) is 15.2. The van der Waals surface area contributed by atoms with Gasteiger partial charge in [-0.3, -0.25) is 9.59 Å². The van der Waals surface area contributed by atoms with Crippen molar-refractivity contribution in [1.82, 2.24) is 0 Å². The molecule has 0 spiro atoms. The zero-order valence-corrected chi connectivity index (χ0v) is 15.2. The Morgan fingerprint density at radius 1 is 1.19 bits per heavy atom. The van der Waals surface area contributed by atoms with Crippen LogP contribution in [-0.4, -0.2) is 31.6 Å². The van der Waals surface area contributed by atoms with Gasteiger partial charge in [0.2, 0.25) is 5.91 Å². The van der Waals surface area contributed by atoms with Crippen LogP contribution in [0.25, 0.3) is 0 Å². The summed E-state index contributed by atoms with van der Waals surface area (Å²) < 4.78 is 10.9. The maximum absolute atomic E-state index is 12.7. The average molecular weight is 365 g/mol. The molecule has 2 aliphatic rings. The van der Waals surface area contributed by atoms with Crippen molar-refractivity contribution in [2.75, 3.05) is 24.7 Å². The number of amides is 1. The van der Waals surface area contributed by atoms with Gasteiger partial charge in [-0.15, -0.1) is 0 Å². The molecule has 140 valence electrons. The van der Waals surface area contributed by atoms with E-state index in [2.05, 4.69) is 6.07 Å². The molecular formula is C22H23NO4. The van der Waals surface area contributed by atoms with Crippen molar-refractivity contribution in [3.63, 3.8) is 0 Å². The van der Waals surface area contributed by atoms with Crippen molar-refractivity contribution in [3.8, 4) is 5.75 Å². The number of para-hydroxylation sites is 1. The number of carbonyl (C=O) groups excluding carboxylic acids is 2. The van der Waals surface area contributed by atoms with E-state index in [-0.39, 0.29) is 12.5 Å². The van der Waals surface area contributed by atoms with Gasteiger partial charge in [-0.2, -0.15) is 0 Å². The molecule has 0 radical (unpaired) electrons. The van der Waals surface area contributed by atoms with Gasteiger partial charge in [0, 0.05) is 25.1 Å². The molecule has 0 aliphatic carbocycles. The van der Waals surface area contributed by atoms with E-state index in [4.69, 9.17) is 9.47 Å². The van der Waals surface area contributed by atoms with E-state index in [0.29, 0.717) is 19.4 Å². The van der Waals surface area contributed by atoms with Crippen LogP contribution in [0.3, 0.4) is 0 Å². The first kappa shape index (κ1) is 17.6.